The van der Waals surface area contributed by atoms with E-state index in [1.165, 1.54) is 5.56 Å². The SMILES string of the molecule is O=C(c1ccc(CC2CCN(C(=O)C3CCOC3)CC2)cc1)N1CCOCC1. The maximum atomic E-state index is 12.5. The predicted molar refractivity (Wildman–Crippen MR) is 105 cm³/mol. The number of benzene rings is 1. The lowest BCUT2D eigenvalue weighted by Gasteiger charge is -2.33. The third kappa shape index (κ3) is 4.55. The average molecular weight is 386 g/mol. The van der Waals surface area contributed by atoms with Gasteiger partial charge in [0, 0.05) is 38.3 Å². The lowest BCUT2D eigenvalue weighted by atomic mass is 9.89. The Bertz CT molecular complexity index is 670. The summed E-state index contributed by atoms with van der Waals surface area (Å²) in [6, 6.07) is 8.07. The maximum absolute atomic E-state index is 12.5. The summed E-state index contributed by atoms with van der Waals surface area (Å²) >= 11 is 0. The minimum Gasteiger partial charge on any atom is -0.381 e. The molecule has 1 aromatic rings. The molecule has 3 saturated heterocycles. The van der Waals surface area contributed by atoms with Gasteiger partial charge in [-0.05, 0) is 49.3 Å². The molecule has 1 aromatic carbocycles. The Morgan fingerprint density at radius 1 is 0.857 bits per heavy atom. The Kier molecular flexibility index (Phi) is 6.27. The molecule has 3 aliphatic heterocycles. The summed E-state index contributed by atoms with van der Waals surface area (Å²) in [6.07, 6.45) is 3.98. The number of nitrogens with zero attached hydrogens (tertiary/aromatic N) is 2. The van der Waals surface area contributed by atoms with Gasteiger partial charge in [0.15, 0.2) is 0 Å². The van der Waals surface area contributed by atoms with Crippen LogP contribution in [0.5, 0.6) is 0 Å². The highest BCUT2D eigenvalue weighted by Crippen LogP contribution is 2.25. The second-order valence-electron chi connectivity index (χ2n) is 8.13. The van der Waals surface area contributed by atoms with Gasteiger partial charge in [0.1, 0.15) is 0 Å². The van der Waals surface area contributed by atoms with Gasteiger partial charge in [0.2, 0.25) is 5.91 Å². The van der Waals surface area contributed by atoms with Crippen molar-refractivity contribution in [3.63, 3.8) is 0 Å². The third-order valence-electron chi connectivity index (χ3n) is 6.23. The number of carbonyl (C=O) groups is 2. The first kappa shape index (κ1) is 19.4. The van der Waals surface area contributed by atoms with E-state index in [2.05, 4.69) is 12.1 Å². The van der Waals surface area contributed by atoms with E-state index in [0.717, 1.165) is 50.9 Å². The van der Waals surface area contributed by atoms with Crippen molar-refractivity contribution < 1.29 is 19.1 Å². The first-order valence-corrected chi connectivity index (χ1v) is 10.5. The number of amides is 2. The lowest BCUT2D eigenvalue weighted by molar-refractivity contribution is -0.136. The molecule has 0 bridgehead atoms. The molecule has 3 fully saturated rings. The quantitative estimate of drug-likeness (QED) is 0.794. The van der Waals surface area contributed by atoms with Gasteiger partial charge < -0.3 is 19.3 Å². The standard InChI is InChI=1S/C22H30N2O4/c25-21(24-10-13-27-14-11-24)19-3-1-17(2-4-19)15-18-5-8-23(9-6-18)22(26)20-7-12-28-16-20/h1-4,18,20H,5-16H2. The monoisotopic (exact) mass is 386 g/mol. The number of hydrogen-bond donors (Lipinski definition) is 0. The molecule has 152 valence electrons. The van der Waals surface area contributed by atoms with Gasteiger partial charge in [-0.25, -0.2) is 0 Å². The molecule has 0 radical (unpaired) electrons. The van der Waals surface area contributed by atoms with Crippen LogP contribution in [0.25, 0.3) is 0 Å². The van der Waals surface area contributed by atoms with E-state index in [-0.39, 0.29) is 17.7 Å². The number of carbonyl (C=O) groups excluding carboxylic acids is 2. The van der Waals surface area contributed by atoms with E-state index in [0.29, 0.717) is 38.8 Å². The highest BCUT2D eigenvalue weighted by Gasteiger charge is 2.30. The second-order valence-corrected chi connectivity index (χ2v) is 8.13. The molecule has 0 saturated carbocycles. The van der Waals surface area contributed by atoms with Crippen LogP contribution in [-0.4, -0.2) is 74.2 Å². The van der Waals surface area contributed by atoms with Crippen molar-refractivity contribution >= 4 is 11.8 Å². The summed E-state index contributed by atoms with van der Waals surface area (Å²) < 4.78 is 10.7. The Balaban J connectivity index is 1.26. The molecular weight excluding hydrogens is 356 g/mol. The van der Waals surface area contributed by atoms with E-state index in [9.17, 15) is 9.59 Å². The van der Waals surface area contributed by atoms with Gasteiger partial charge in [-0.2, -0.15) is 0 Å². The summed E-state index contributed by atoms with van der Waals surface area (Å²) in [5, 5.41) is 0. The van der Waals surface area contributed by atoms with Crippen LogP contribution >= 0.6 is 0 Å². The normalized spacial score (nSPS) is 23.8. The molecule has 1 unspecified atom stereocenters. The van der Waals surface area contributed by atoms with Gasteiger partial charge in [-0.3, -0.25) is 9.59 Å². The van der Waals surface area contributed by atoms with E-state index in [1.807, 2.05) is 21.9 Å². The van der Waals surface area contributed by atoms with Crippen LogP contribution in [0.1, 0.15) is 35.2 Å². The van der Waals surface area contributed by atoms with Crippen LogP contribution in [0.4, 0.5) is 0 Å². The van der Waals surface area contributed by atoms with E-state index < -0.39 is 0 Å². The summed E-state index contributed by atoms with van der Waals surface area (Å²) in [7, 11) is 0. The van der Waals surface area contributed by atoms with Crippen molar-refractivity contribution in [3.8, 4) is 0 Å². The highest BCUT2D eigenvalue weighted by molar-refractivity contribution is 5.94. The summed E-state index contributed by atoms with van der Waals surface area (Å²) in [6.45, 7) is 5.61. The Labute approximate surface area is 166 Å². The van der Waals surface area contributed by atoms with Crippen molar-refractivity contribution in [1.29, 1.82) is 0 Å². The van der Waals surface area contributed by atoms with Crippen LogP contribution in [0.15, 0.2) is 24.3 Å². The number of rotatable bonds is 4. The molecule has 28 heavy (non-hydrogen) atoms. The van der Waals surface area contributed by atoms with Crippen LogP contribution in [-0.2, 0) is 20.7 Å². The number of piperidine rings is 1. The fourth-order valence-corrected chi connectivity index (χ4v) is 4.41. The van der Waals surface area contributed by atoms with Gasteiger partial charge in [0.25, 0.3) is 5.91 Å². The molecule has 0 N–H and O–H groups in total. The second kappa shape index (κ2) is 9.05. The number of morpholine rings is 1. The van der Waals surface area contributed by atoms with E-state index in [1.54, 1.807) is 0 Å². The topological polar surface area (TPSA) is 59.1 Å². The van der Waals surface area contributed by atoms with E-state index >= 15 is 0 Å². The summed E-state index contributed by atoms with van der Waals surface area (Å²) in [5.74, 6) is 1.05. The van der Waals surface area contributed by atoms with Crippen LogP contribution < -0.4 is 0 Å². The fraction of sp³-hybridized carbons (Fsp3) is 0.636. The fourth-order valence-electron chi connectivity index (χ4n) is 4.41. The van der Waals surface area contributed by atoms with E-state index in [4.69, 9.17) is 9.47 Å². The minimum atomic E-state index is 0.0769. The Morgan fingerprint density at radius 2 is 1.57 bits per heavy atom. The number of hydrogen-bond acceptors (Lipinski definition) is 4. The zero-order chi connectivity index (χ0) is 19.3. The average Bonchev–Trinajstić information content (AvgIpc) is 3.29. The molecule has 0 aliphatic carbocycles. The van der Waals surface area contributed by atoms with Gasteiger partial charge in [-0.1, -0.05) is 12.1 Å². The summed E-state index contributed by atoms with van der Waals surface area (Å²) in [5.41, 5.74) is 2.03. The van der Waals surface area contributed by atoms with Gasteiger partial charge in [-0.15, -0.1) is 0 Å². The highest BCUT2D eigenvalue weighted by atomic mass is 16.5. The number of likely N-dealkylation sites (tertiary alicyclic amines) is 1. The third-order valence-corrected chi connectivity index (χ3v) is 6.23. The first-order chi connectivity index (χ1) is 13.7. The van der Waals surface area contributed by atoms with Crippen molar-refractivity contribution in [1.82, 2.24) is 9.80 Å². The molecule has 6 nitrogen and oxygen atoms in total. The molecule has 6 heteroatoms. The van der Waals surface area contributed by atoms with Crippen molar-refractivity contribution in [2.24, 2.45) is 11.8 Å². The Morgan fingerprint density at radius 3 is 2.21 bits per heavy atom. The molecule has 3 aliphatic rings. The van der Waals surface area contributed by atoms with Crippen molar-refractivity contribution in [3.05, 3.63) is 35.4 Å². The van der Waals surface area contributed by atoms with Crippen LogP contribution in [0.3, 0.4) is 0 Å². The zero-order valence-corrected chi connectivity index (χ0v) is 16.5. The molecule has 2 amide bonds. The largest absolute Gasteiger partial charge is 0.381 e. The molecule has 1 atom stereocenters. The molecule has 4 rings (SSSR count). The van der Waals surface area contributed by atoms with Gasteiger partial charge >= 0.3 is 0 Å². The predicted octanol–water partition coefficient (Wildman–Crippen LogP) is 1.98. The molecule has 0 spiro atoms. The maximum Gasteiger partial charge on any atom is 0.254 e. The zero-order valence-electron chi connectivity index (χ0n) is 16.5. The first-order valence-electron chi connectivity index (χ1n) is 10.5. The molecular formula is C22H30N2O4. The van der Waals surface area contributed by atoms with Crippen molar-refractivity contribution in [2.75, 3.05) is 52.6 Å². The number of ether oxygens (including phenoxy) is 2. The van der Waals surface area contributed by atoms with Crippen molar-refractivity contribution in [2.45, 2.75) is 25.7 Å². The minimum absolute atomic E-state index is 0.0769. The lowest BCUT2D eigenvalue weighted by Crippen LogP contribution is -2.42. The molecule has 3 heterocycles. The van der Waals surface area contributed by atoms with Crippen LogP contribution in [0.2, 0.25) is 0 Å². The summed E-state index contributed by atoms with van der Waals surface area (Å²) in [4.78, 5) is 28.9. The molecule has 0 aromatic heterocycles. The smallest absolute Gasteiger partial charge is 0.254 e. The Hall–Kier alpha value is -1.92. The van der Waals surface area contributed by atoms with Gasteiger partial charge in [0.05, 0.1) is 25.7 Å². The van der Waals surface area contributed by atoms with Crippen LogP contribution in [0, 0.1) is 11.8 Å².